The van der Waals surface area contributed by atoms with Gasteiger partial charge in [-0.1, -0.05) is 17.7 Å². The van der Waals surface area contributed by atoms with Crippen LogP contribution < -0.4 is 15.4 Å². The van der Waals surface area contributed by atoms with Crippen molar-refractivity contribution in [3.8, 4) is 5.75 Å². The van der Waals surface area contributed by atoms with E-state index in [9.17, 15) is 14.4 Å². The van der Waals surface area contributed by atoms with Crippen molar-refractivity contribution in [3.63, 3.8) is 0 Å². The van der Waals surface area contributed by atoms with Crippen molar-refractivity contribution >= 4 is 51.4 Å². The van der Waals surface area contributed by atoms with Crippen LogP contribution in [0.15, 0.2) is 42.5 Å². The van der Waals surface area contributed by atoms with Gasteiger partial charge >= 0.3 is 5.97 Å². The lowest BCUT2D eigenvalue weighted by Gasteiger charge is -2.09. The third-order valence-electron chi connectivity index (χ3n) is 4.84. The molecule has 1 heterocycles. The second kappa shape index (κ2) is 9.84. The second-order valence-corrected chi connectivity index (χ2v) is 8.23. The molecule has 32 heavy (non-hydrogen) atoms. The van der Waals surface area contributed by atoms with Gasteiger partial charge in [0.15, 0.2) is 0 Å². The number of amides is 2. The average Bonchev–Trinajstić information content (AvgIpc) is 3.12. The SMILES string of the molecule is COC(=O)c1c(NC(=O)c2ccc(OC)cc2)sc(C(=O)Nc2cccc(Cl)c2C)c1C. The van der Waals surface area contributed by atoms with E-state index in [0.29, 0.717) is 27.6 Å². The zero-order chi connectivity index (χ0) is 23.4. The predicted octanol–water partition coefficient (Wildman–Crippen LogP) is 5.32. The number of carbonyl (C=O) groups excluding carboxylic acids is 3. The van der Waals surface area contributed by atoms with Gasteiger partial charge in [0.2, 0.25) is 0 Å². The Bertz CT molecular complexity index is 1190. The van der Waals surface area contributed by atoms with Crippen LogP contribution in [0.25, 0.3) is 0 Å². The monoisotopic (exact) mass is 472 g/mol. The molecule has 0 radical (unpaired) electrons. The molecule has 2 N–H and O–H groups in total. The molecule has 7 nitrogen and oxygen atoms in total. The molecule has 166 valence electrons. The standard InChI is InChI=1S/C23H21ClN2O5S/c1-12-16(24)6-5-7-17(12)25-21(28)19-13(2)18(23(29)31-4)22(32-19)26-20(27)14-8-10-15(30-3)11-9-14/h5-11H,1-4H3,(H,25,28)(H,26,27). The Morgan fingerprint density at radius 2 is 1.59 bits per heavy atom. The summed E-state index contributed by atoms with van der Waals surface area (Å²) in [5.41, 5.74) is 2.18. The summed E-state index contributed by atoms with van der Waals surface area (Å²) in [5.74, 6) is -0.898. The summed E-state index contributed by atoms with van der Waals surface area (Å²) in [4.78, 5) is 38.4. The summed E-state index contributed by atoms with van der Waals surface area (Å²) < 4.78 is 9.97. The van der Waals surface area contributed by atoms with Crippen LogP contribution in [0.2, 0.25) is 5.02 Å². The van der Waals surface area contributed by atoms with Crippen LogP contribution in [0.5, 0.6) is 5.75 Å². The highest BCUT2D eigenvalue weighted by Gasteiger charge is 2.27. The maximum Gasteiger partial charge on any atom is 0.341 e. The van der Waals surface area contributed by atoms with Gasteiger partial charge in [0.25, 0.3) is 11.8 Å². The Morgan fingerprint density at radius 1 is 0.906 bits per heavy atom. The number of thiophene rings is 1. The Balaban J connectivity index is 1.93. The number of anilines is 2. The first-order chi connectivity index (χ1) is 15.3. The van der Waals surface area contributed by atoms with Crippen LogP contribution in [0, 0.1) is 13.8 Å². The number of halogens is 1. The van der Waals surface area contributed by atoms with E-state index in [1.807, 2.05) is 0 Å². The maximum absolute atomic E-state index is 13.0. The van der Waals surface area contributed by atoms with Crippen molar-refractivity contribution in [2.45, 2.75) is 13.8 Å². The minimum atomic E-state index is -0.651. The molecule has 2 aromatic carbocycles. The van der Waals surface area contributed by atoms with E-state index < -0.39 is 17.8 Å². The topological polar surface area (TPSA) is 93.7 Å². The predicted molar refractivity (Wildman–Crippen MR) is 125 cm³/mol. The number of hydrogen-bond acceptors (Lipinski definition) is 6. The summed E-state index contributed by atoms with van der Waals surface area (Å²) in [6.07, 6.45) is 0. The van der Waals surface area contributed by atoms with Crippen molar-refractivity contribution in [3.05, 3.63) is 74.6 Å². The van der Waals surface area contributed by atoms with Crippen molar-refractivity contribution < 1.29 is 23.9 Å². The first kappa shape index (κ1) is 23.3. The lowest BCUT2D eigenvalue weighted by Crippen LogP contribution is -2.14. The fraction of sp³-hybridized carbons (Fsp3) is 0.174. The van der Waals surface area contributed by atoms with Crippen LogP contribution in [0.4, 0.5) is 10.7 Å². The van der Waals surface area contributed by atoms with Gasteiger partial charge in [-0.15, -0.1) is 11.3 Å². The van der Waals surface area contributed by atoms with Crippen LogP contribution in [0.3, 0.4) is 0 Å². The van der Waals surface area contributed by atoms with Crippen LogP contribution in [-0.2, 0) is 4.74 Å². The van der Waals surface area contributed by atoms with E-state index >= 15 is 0 Å². The number of hydrogen-bond donors (Lipinski definition) is 2. The highest BCUT2D eigenvalue weighted by molar-refractivity contribution is 7.19. The Kier molecular flexibility index (Phi) is 7.17. The molecule has 0 saturated heterocycles. The highest BCUT2D eigenvalue weighted by Crippen LogP contribution is 2.35. The van der Waals surface area contributed by atoms with Crippen LogP contribution >= 0.6 is 22.9 Å². The molecule has 9 heteroatoms. The normalized spacial score (nSPS) is 10.4. The van der Waals surface area contributed by atoms with Gasteiger partial charge in [-0.05, 0) is 61.4 Å². The lowest BCUT2D eigenvalue weighted by atomic mass is 10.1. The van der Waals surface area contributed by atoms with E-state index in [2.05, 4.69) is 10.6 Å². The average molecular weight is 473 g/mol. The van der Waals surface area contributed by atoms with Gasteiger partial charge in [0.05, 0.1) is 24.7 Å². The number of esters is 1. The maximum atomic E-state index is 13.0. The van der Waals surface area contributed by atoms with Gasteiger partial charge in [-0.2, -0.15) is 0 Å². The summed E-state index contributed by atoms with van der Waals surface area (Å²) >= 11 is 7.13. The first-order valence-corrected chi connectivity index (χ1v) is 10.7. The second-order valence-electron chi connectivity index (χ2n) is 6.80. The molecule has 0 bridgehead atoms. The van der Waals surface area contributed by atoms with Gasteiger partial charge in [0.1, 0.15) is 10.8 Å². The molecule has 0 aliphatic heterocycles. The molecule has 0 spiro atoms. The molecule has 3 rings (SSSR count). The van der Waals surface area contributed by atoms with E-state index in [1.54, 1.807) is 56.3 Å². The minimum Gasteiger partial charge on any atom is -0.497 e. The minimum absolute atomic E-state index is 0.132. The number of ether oxygens (including phenoxy) is 2. The van der Waals surface area contributed by atoms with Crippen LogP contribution in [-0.4, -0.2) is 32.0 Å². The zero-order valence-electron chi connectivity index (χ0n) is 17.9. The molecular formula is C23H21ClN2O5S. The molecule has 1 aromatic heterocycles. The third kappa shape index (κ3) is 4.76. The summed E-state index contributed by atoms with van der Waals surface area (Å²) in [7, 11) is 2.77. The van der Waals surface area contributed by atoms with E-state index in [4.69, 9.17) is 21.1 Å². The largest absolute Gasteiger partial charge is 0.497 e. The third-order valence-corrected chi connectivity index (χ3v) is 6.45. The van der Waals surface area contributed by atoms with Gasteiger partial charge in [0, 0.05) is 16.3 Å². The molecule has 0 atom stereocenters. The van der Waals surface area contributed by atoms with Crippen molar-refractivity contribution in [1.29, 1.82) is 0 Å². The first-order valence-electron chi connectivity index (χ1n) is 9.50. The van der Waals surface area contributed by atoms with Gasteiger partial charge < -0.3 is 20.1 Å². The smallest absolute Gasteiger partial charge is 0.341 e. The van der Waals surface area contributed by atoms with Gasteiger partial charge in [-0.25, -0.2) is 4.79 Å². The Morgan fingerprint density at radius 3 is 2.22 bits per heavy atom. The highest BCUT2D eigenvalue weighted by atomic mass is 35.5. The van der Waals surface area contributed by atoms with Gasteiger partial charge in [-0.3, -0.25) is 9.59 Å². The number of benzene rings is 2. The number of rotatable bonds is 6. The van der Waals surface area contributed by atoms with Crippen molar-refractivity contribution in [2.75, 3.05) is 24.9 Å². The Hall–Kier alpha value is -3.36. The lowest BCUT2D eigenvalue weighted by molar-refractivity contribution is 0.0601. The number of nitrogens with one attached hydrogen (secondary N) is 2. The van der Waals surface area contributed by atoms with Crippen molar-refractivity contribution in [2.24, 2.45) is 0 Å². The molecule has 0 aliphatic rings. The zero-order valence-corrected chi connectivity index (χ0v) is 19.4. The molecule has 2 amide bonds. The summed E-state index contributed by atoms with van der Waals surface area (Å²) in [5, 5.41) is 6.28. The van der Waals surface area contributed by atoms with E-state index in [0.717, 1.165) is 16.9 Å². The Labute approximate surface area is 194 Å². The molecule has 3 aromatic rings. The van der Waals surface area contributed by atoms with Crippen LogP contribution in [0.1, 0.15) is 41.5 Å². The quantitative estimate of drug-likeness (QED) is 0.473. The molecule has 0 fully saturated rings. The molecule has 0 unspecified atom stereocenters. The summed E-state index contributed by atoms with van der Waals surface area (Å²) in [6, 6.07) is 11.7. The van der Waals surface area contributed by atoms with E-state index in [-0.39, 0.29) is 15.4 Å². The number of carbonyl (C=O) groups is 3. The molecule has 0 saturated carbocycles. The fourth-order valence-electron chi connectivity index (χ4n) is 3.01. The molecular weight excluding hydrogens is 452 g/mol. The fourth-order valence-corrected chi connectivity index (χ4v) is 4.27. The molecule has 0 aliphatic carbocycles. The van der Waals surface area contributed by atoms with E-state index in [1.165, 1.54) is 14.2 Å². The van der Waals surface area contributed by atoms with Crippen molar-refractivity contribution in [1.82, 2.24) is 0 Å². The summed E-state index contributed by atoms with van der Waals surface area (Å²) in [6.45, 7) is 3.42. The number of methoxy groups -OCH3 is 2.